The van der Waals surface area contributed by atoms with Crippen LogP contribution < -0.4 is 15.5 Å². The molecular formula is C17H24ClN3O2S. The molecule has 1 aromatic carbocycles. The fraction of sp³-hybridized carbons (Fsp3) is 0.529. The molecule has 3 rings (SSSR count). The van der Waals surface area contributed by atoms with E-state index in [4.69, 9.17) is 0 Å². The first-order valence-corrected chi connectivity index (χ1v) is 9.35. The van der Waals surface area contributed by atoms with Gasteiger partial charge in [-0.15, -0.1) is 12.4 Å². The van der Waals surface area contributed by atoms with E-state index >= 15 is 0 Å². The van der Waals surface area contributed by atoms with Crippen molar-refractivity contribution in [3.05, 3.63) is 29.8 Å². The topological polar surface area (TPSA) is 61.4 Å². The van der Waals surface area contributed by atoms with Crippen LogP contribution >= 0.6 is 24.2 Å². The molecule has 0 radical (unpaired) electrons. The molecule has 7 heteroatoms. The zero-order chi connectivity index (χ0) is 16.1. The maximum atomic E-state index is 12.0. The van der Waals surface area contributed by atoms with Gasteiger partial charge in [-0.2, -0.15) is 11.8 Å². The molecular weight excluding hydrogens is 346 g/mol. The van der Waals surface area contributed by atoms with Crippen molar-refractivity contribution in [2.24, 2.45) is 0 Å². The van der Waals surface area contributed by atoms with Gasteiger partial charge in [0.2, 0.25) is 11.8 Å². The Morgan fingerprint density at radius 2 is 2.12 bits per heavy atom. The number of thioether (sulfide) groups is 1. The van der Waals surface area contributed by atoms with Crippen molar-refractivity contribution in [2.45, 2.75) is 31.8 Å². The number of carbonyl (C=O) groups excluding carboxylic acids is 2. The molecule has 132 valence electrons. The number of nitrogens with zero attached hydrogens (tertiary/aromatic N) is 1. The molecule has 1 atom stereocenters. The van der Waals surface area contributed by atoms with E-state index in [1.54, 1.807) is 0 Å². The molecule has 2 aliphatic rings. The molecule has 2 N–H and O–H groups in total. The first kappa shape index (κ1) is 19.1. The number of anilines is 1. The Balaban J connectivity index is 0.00000208. The second-order valence-corrected chi connectivity index (χ2v) is 7.17. The molecule has 2 heterocycles. The Bertz CT molecular complexity index is 561. The molecule has 2 amide bonds. The van der Waals surface area contributed by atoms with Crippen molar-refractivity contribution in [2.75, 3.05) is 29.5 Å². The Morgan fingerprint density at radius 3 is 2.75 bits per heavy atom. The van der Waals surface area contributed by atoms with Crippen molar-refractivity contribution >= 4 is 41.7 Å². The molecule has 0 aliphatic carbocycles. The van der Waals surface area contributed by atoms with Crippen molar-refractivity contribution in [3.8, 4) is 0 Å². The van der Waals surface area contributed by atoms with Gasteiger partial charge in [-0.1, -0.05) is 12.1 Å². The van der Waals surface area contributed by atoms with E-state index in [1.807, 2.05) is 40.9 Å². The molecule has 24 heavy (non-hydrogen) atoms. The predicted molar refractivity (Wildman–Crippen MR) is 101 cm³/mol. The van der Waals surface area contributed by atoms with E-state index in [-0.39, 0.29) is 30.3 Å². The smallest absolute Gasteiger partial charge is 0.227 e. The first-order valence-electron chi connectivity index (χ1n) is 8.19. The number of nitrogens with one attached hydrogen (secondary N) is 2. The SMILES string of the molecule is Cl.O=C(CC1CSCCN1)NCc1ccc(N2CCCC2=O)cc1. The fourth-order valence-electron chi connectivity index (χ4n) is 2.96. The van der Waals surface area contributed by atoms with Crippen molar-refractivity contribution < 1.29 is 9.59 Å². The summed E-state index contributed by atoms with van der Waals surface area (Å²) in [6.45, 7) is 2.33. The molecule has 0 spiro atoms. The Labute approximate surface area is 153 Å². The Kier molecular flexibility index (Phi) is 7.40. The number of halogens is 1. The molecule has 1 unspecified atom stereocenters. The number of amides is 2. The Morgan fingerprint density at radius 1 is 1.33 bits per heavy atom. The van der Waals surface area contributed by atoms with Gasteiger partial charge in [0.25, 0.3) is 0 Å². The van der Waals surface area contributed by atoms with Crippen LogP contribution in [0.15, 0.2) is 24.3 Å². The molecule has 0 aromatic heterocycles. The number of hydrogen-bond acceptors (Lipinski definition) is 4. The van der Waals surface area contributed by atoms with E-state index in [1.165, 1.54) is 0 Å². The van der Waals surface area contributed by atoms with Crippen LogP contribution in [0.4, 0.5) is 5.69 Å². The highest BCUT2D eigenvalue weighted by Gasteiger charge is 2.21. The van der Waals surface area contributed by atoms with Gasteiger partial charge in [0.1, 0.15) is 0 Å². The zero-order valence-corrected chi connectivity index (χ0v) is 15.3. The quantitative estimate of drug-likeness (QED) is 0.832. The molecule has 2 saturated heterocycles. The highest BCUT2D eigenvalue weighted by atomic mass is 35.5. The molecule has 0 bridgehead atoms. The summed E-state index contributed by atoms with van der Waals surface area (Å²) in [5.41, 5.74) is 2.01. The van der Waals surface area contributed by atoms with Crippen molar-refractivity contribution in [1.29, 1.82) is 0 Å². The first-order chi connectivity index (χ1) is 11.2. The lowest BCUT2D eigenvalue weighted by Gasteiger charge is -2.22. The van der Waals surface area contributed by atoms with Gasteiger partial charge >= 0.3 is 0 Å². The van der Waals surface area contributed by atoms with Crippen LogP contribution in [0.25, 0.3) is 0 Å². The highest BCUT2D eigenvalue weighted by molar-refractivity contribution is 7.99. The highest BCUT2D eigenvalue weighted by Crippen LogP contribution is 2.21. The van der Waals surface area contributed by atoms with E-state index in [9.17, 15) is 9.59 Å². The summed E-state index contributed by atoms with van der Waals surface area (Å²) in [5, 5.41) is 6.35. The second-order valence-electron chi connectivity index (χ2n) is 6.02. The largest absolute Gasteiger partial charge is 0.352 e. The average Bonchev–Trinajstić information content (AvgIpc) is 3.00. The van der Waals surface area contributed by atoms with Crippen LogP contribution in [0, 0.1) is 0 Å². The van der Waals surface area contributed by atoms with Crippen LogP contribution in [-0.4, -0.2) is 42.5 Å². The van der Waals surface area contributed by atoms with E-state index in [0.29, 0.717) is 19.4 Å². The molecule has 1 aromatic rings. The lowest BCUT2D eigenvalue weighted by atomic mass is 10.1. The number of carbonyl (C=O) groups is 2. The minimum atomic E-state index is 0. The summed E-state index contributed by atoms with van der Waals surface area (Å²) in [4.78, 5) is 25.5. The van der Waals surface area contributed by atoms with E-state index in [0.717, 1.165) is 42.3 Å². The Hall–Kier alpha value is -1.24. The zero-order valence-electron chi connectivity index (χ0n) is 13.6. The van der Waals surface area contributed by atoms with Gasteiger partial charge in [0.05, 0.1) is 0 Å². The number of hydrogen-bond donors (Lipinski definition) is 2. The van der Waals surface area contributed by atoms with Gasteiger partial charge < -0.3 is 15.5 Å². The average molecular weight is 370 g/mol. The molecule has 2 fully saturated rings. The number of benzene rings is 1. The molecule has 2 aliphatic heterocycles. The summed E-state index contributed by atoms with van der Waals surface area (Å²) >= 11 is 1.90. The molecule has 0 saturated carbocycles. The minimum absolute atomic E-state index is 0. The van der Waals surface area contributed by atoms with Crippen molar-refractivity contribution in [3.63, 3.8) is 0 Å². The third-order valence-corrected chi connectivity index (χ3v) is 5.37. The summed E-state index contributed by atoms with van der Waals surface area (Å²) in [6, 6.07) is 8.18. The van der Waals surface area contributed by atoms with Crippen LogP contribution in [0.2, 0.25) is 0 Å². The molecule has 5 nitrogen and oxygen atoms in total. The summed E-state index contributed by atoms with van der Waals surface area (Å²) in [5.74, 6) is 2.42. The predicted octanol–water partition coefficient (Wildman–Crippen LogP) is 1.95. The third kappa shape index (κ3) is 5.13. The van der Waals surface area contributed by atoms with Gasteiger partial charge in [0, 0.05) is 55.7 Å². The summed E-state index contributed by atoms with van der Waals surface area (Å²) in [7, 11) is 0. The summed E-state index contributed by atoms with van der Waals surface area (Å²) < 4.78 is 0. The van der Waals surface area contributed by atoms with Crippen LogP contribution in [0.3, 0.4) is 0 Å². The van der Waals surface area contributed by atoms with E-state index in [2.05, 4.69) is 10.6 Å². The number of rotatable bonds is 5. The van der Waals surface area contributed by atoms with Gasteiger partial charge in [-0.05, 0) is 24.1 Å². The normalized spacial score (nSPS) is 20.6. The van der Waals surface area contributed by atoms with Gasteiger partial charge in [-0.3, -0.25) is 9.59 Å². The second kappa shape index (κ2) is 9.30. The lowest BCUT2D eigenvalue weighted by Crippen LogP contribution is -2.41. The standard InChI is InChI=1S/C17H23N3O2S.ClH/c21-16(10-14-12-23-9-7-18-14)19-11-13-3-5-15(6-4-13)20-8-1-2-17(20)22;/h3-6,14,18H,1-2,7-12H2,(H,19,21);1H. The monoisotopic (exact) mass is 369 g/mol. The minimum Gasteiger partial charge on any atom is -0.352 e. The van der Waals surface area contributed by atoms with Crippen LogP contribution in [0.1, 0.15) is 24.8 Å². The van der Waals surface area contributed by atoms with Gasteiger partial charge in [0.15, 0.2) is 0 Å². The lowest BCUT2D eigenvalue weighted by molar-refractivity contribution is -0.121. The van der Waals surface area contributed by atoms with Crippen LogP contribution in [-0.2, 0) is 16.1 Å². The maximum Gasteiger partial charge on any atom is 0.227 e. The van der Waals surface area contributed by atoms with E-state index < -0.39 is 0 Å². The van der Waals surface area contributed by atoms with Crippen LogP contribution in [0.5, 0.6) is 0 Å². The summed E-state index contributed by atoms with van der Waals surface area (Å²) in [6.07, 6.45) is 2.11. The van der Waals surface area contributed by atoms with Gasteiger partial charge in [-0.25, -0.2) is 0 Å². The van der Waals surface area contributed by atoms with Crippen molar-refractivity contribution in [1.82, 2.24) is 10.6 Å². The maximum absolute atomic E-state index is 12.0. The third-order valence-electron chi connectivity index (χ3n) is 4.24. The fourth-order valence-corrected chi connectivity index (χ4v) is 3.91.